The molecule has 1 amide bonds. The molecule has 2 aromatic rings. The van der Waals surface area contributed by atoms with Gasteiger partial charge in [-0.25, -0.2) is 8.42 Å². The summed E-state index contributed by atoms with van der Waals surface area (Å²) in [5.41, 5.74) is 3.52. The summed E-state index contributed by atoms with van der Waals surface area (Å²) in [6.45, 7) is 12.3. The van der Waals surface area contributed by atoms with Crippen molar-refractivity contribution in [2.75, 3.05) is 23.7 Å². The highest BCUT2D eigenvalue weighted by Gasteiger charge is 2.30. The van der Waals surface area contributed by atoms with Gasteiger partial charge in [-0.2, -0.15) is 0 Å². The number of nitrogens with one attached hydrogen (secondary N) is 1. The Morgan fingerprint density at radius 2 is 1.71 bits per heavy atom. The minimum absolute atomic E-state index is 0.0732. The molecule has 1 unspecified atom stereocenters. The lowest BCUT2D eigenvalue weighted by Crippen LogP contribution is -2.48. The maximum atomic E-state index is 12.7. The zero-order chi connectivity index (χ0) is 23.4. The average molecular weight is 447 g/mol. The fourth-order valence-electron chi connectivity index (χ4n) is 3.28. The van der Waals surface area contributed by atoms with Gasteiger partial charge in [0.05, 0.1) is 18.5 Å². The monoisotopic (exact) mass is 446 g/mol. The zero-order valence-electron chi connectivity index (χ0n) is 19.5. The third kappa shape index (κ3) is 6.72. The Balaban J connectivity index is 1.99. The number of ether oxygens (including phenoxy) is 1. The molecule has 0 aliphatic carbocycles. The maximum absolute atomic E-state index is 12.7. The van der Waals surface area contributed by atoms with Crippen molar-refractivity contribution in [2.24, 2.45) is 0 Å². The largest absolute Gasteiger partial charge is 0.492 e. The number of rotatable bonds is 8. The first-order valence-corrected chi connectivity index (χ1v) is 12.2. The molecule has 0 radical (unpaired) electrons. The first-order valence-electron chi connectivity index (χ1n) is 10.4. The normalized spacial score (nSPS) is 12.9. The highest BCUT2D eigenvalue weighted by molar-refractivity contribution is 7.92. The van der Waals surface area contributed by atoms with Crippen molar-refractivity contribution >= 4 is 21.6 Å². The van der Waals surface area contributed by atoms with Gasteiger partial charge >= 0.3 is 0 Å². The van der Waals surface area contributed by atoms with Crippen LogP contribution in [0.3, 0.4) is 0 Å². The molecule has 7 heteroatoms. The third-order valence-electron chi connectivity index (χ3n) is 5.08. The second-order valence-electron chi connectivity index (χ2n) is 8.94. The summed E-state index contributed by atoms with van der Waals surface area (Å²) < 4.78 is 31.8. The summed E-state index contributed by atoms with van der Waals surface area (Å²) in [5.74, 6) is 0.349. The molecule has 0 heterocycles. The summed E-state index contributed by atoms with van der Waals surface area (Å²) in [5, 5.41) is 2.77. The fraction of sp³-hybridized carbons (Fsp3) is 0.458. The quantitative estimate of drug-likeness (QED) is 0.623. The maximum Gasteiger partial charge on any atom is 0.243 e. The number of sulfonamides is 1. The van der Waals surface area contributed by atoms with Crippen molar-refractivity contribution in [3.63, 3.8) is 0 Å². The lowest BCUT2D eigenvalue weighted by molar-refractivity contribution is -0.121. The number of aryl methyl sites for hydroxylation is 2. The van der Waals surface area contributed by atoms with Crippen molar-refractivity contribution in [3.8, 4) is 5.75 Å². The molecule has 6 nitrogen and oxygen atoms in total. The van der Waals surface area contributed by atoms with E-state index in [9.17, 15) is 13.2 Å². The number of carbonyl (C=O) groups excluding carboxylic acids is 1. The van der Waals surface area contributed by atoms with Crippen LogP contribution in [0.5, 0.6) is 5.75 Å². The highest BCUT2D eigenvalue weighted by atomic mass is 32.2. The molecule has 1 atom stereocenters. The first kappa shape index (κ1) is 24.7. The molecule has 0 aliphatic heterocycles. The molecule has 0 bridgehead atoms. The second kappa shape index (κ2) is 9.73. The van der Waals surface area contributed by atoms with Gasteiger partial charge in [0.15, 0.2) is 0 Å². The Hall–Kier alpha value is -2.54. The summed E-state index contributed by atoms with van der Waals surface area (Å²) in [6.07, 6.45) is 1.11. The van der Waals surface area contributed by atoms with Gasteiger partial charge in [-0.05, 0) is 61.1 Å². The van der Waals surface area contributed by atoms with Crippen LogP contribution in [0.4, 0.5) is 5.69 Å². The highest BCUT2D eigenvalue weighted by Crippen LogP contribution is 2.26. The lowest BCUT2D eigenvalue weighted by Gasteiger charge is -2.29. The molecule has 0 fully saturated rings. The van der Waals surface area contributed by atoms with Crippen LogP contribution in [-0.2, 0) is 20.2 Å². The molecular formula is C24H34N2O4S. The zero-order valence-corrected chi connectivity index (χ0v) is 20.3. The van der Waals surface area contributed by atoms with E-state index in [1.807, 2.05) is 50.2 Å². The van der Waals surface area contributed by atoms with Gasteiger partial charge in [0.25, 0.3) is 0 Å². The Bertz CT molecular complexity index is 1010. The predicted octanol–water partition coefficient (Wildman–Crippen LogP) is 3.95. The minimum Gasteiger partial charge on any atom is -0.492 e. The Morgan fingerprint density at radius 1 is 1.10 bits per heavy atom. The Labute approximate surface area is 186 Å². The van der Waals surface area contributed by atoms with Gasteiger partial charge in [0.1, 0.15) is 18.4 Å². The van der Waals surface area contributed by atoms with Crippen LogP contribution in [0.2, 0.25) is 0 Å². The molecule has 0 spiro atoms. The van der Waals surface area contributed by atoms with E-state index in [0.717, 1.165) is 23.1 Å². The summed E-state index contributed by atoms with van der Waals surface area (Å²) >= 11 is 0. The van der Waals surface area contributed by atoms with Crippen LogP contribution in [0, 0.1) is 13.8 Å². The van der Waals surface area contributed by atoms with E-state index < -0.39 is 16.1 Å². The topological polar surface area (TPSA) is 75.7 Å². The molecule has 1 N–H and O–H groups in total. The summed E-state index contributed by atoms with van der Waals surface area (Å²) in [4.78, 5) is 12.7. The van der Waals surface area contributed by atoms with E-state index >= 15 is 0 Å². The number of hydrogen-bond donors (Lipinski definition) is 1. The predicted molar refractivity (Wildman–Crippen MR) is 126 cm³/mol. The van der Waals surface area contributed by atoms with Crippen LogP contribution in [-0.4, -0.2) is 39.8 Å². The molecule has 2 rings (SSSR count). The standard InChI is InChI=1S/C24H34N2O4S/c1-17-8-9-18(2)22(16-17)26(31(7,28)29)19(3)23(27)25-14-15-30-21-12-10-20(11-13-21)24(4,5)6/h8-13,16,19H,14-15H2,1-7H3,(H,25,27). The molecular weight excluding hydrogens is 412 g/mol. The van der Waals surface area contributed by atoms with E-state index in [4.69, 9.17) is 4.74 Å². The first-order chi connectivity index (χ1) is 14.3. The number of carbonyl (C=O) groups is 1. The van der Waals surface area contributed by atoms with Gasteiger partial charge in [0.2, 0.25) is 15.9 Å². The number of nitrogens with zero attached hydrogens (tertiary/aromatic N) is 1. The van der Waals surface area contributed by atoms with Gasteiger partial charge in [-0.1, -0.05) is 45.0 Å². The van der Waals surface area contributed by atoms with Gasteiger partial charge in [0, 0.05) is 0 Å². The van der Waals surface area contributed by atoms with E-state index in [-0.39, 0.29) is 24.5 Å². The van der Waals surface area contributed by atoms with Crippen LogP contribution in [0.15, 0.2) is 42.5 Å². The van der Waals surface area contributed by atoms with E-state index in [1.165, 1.54) is 9.87 Å². The number of hydrogen-bond acceptors (Lipinski definition) is 4. The van der Waals surface area contributed by atoms with Crippen molar-refractivity contribution in [2.45, 2.75) is 53.0 Å². The van der Waals surface area contributed by atoms with Crippen LogP contribution in [0.1, 0.15) is 44.4 Å². The van der Waals surface area contributed by atoms with Crippen LogP contribution < -0.4 is 14.4 Å². The molecule has 0 saturated carbocycles. The molecule has 31 heavy (non-hydrogen) atoms. The van der Waals surface area contributed by atoms with Gasteiger partial charge < -0.3 is 10.1 Å². The molecule has 170 valence electrons. The van der Waals surface area contributed by atoms with Crippen molar-refractivity contribution in [1.82, 2.24) is 5.32 Å². The number of amides is 1. The van der Waals surface area contributed by atoms with Gasteiger partial charge in [-0.3, -0.25) is 9.10 Å². The van der Waals surface area contributed by atoms with Crippen LogP contribution in [0.25, 0.3) is 0 Å². The third-order valence-corrected chi connectivity index (χ3v) is 6.31. The fourth-order valence-corrected chi connectivity index (χ4v) is 4.50. The molecule has 0 aromatic heterocycles. The minimum atomic E-state index is -3.65. The van der Waals surface area contributed by atoms with Crippen molar-refractivity contribution in [3.05, 3.63) is 59.2 Å². The van der Waals surface area contributed by atoms with Crippen LogP contribution >= 0.6 is 0 Å². The van der Waals surface area contributed by atoms with E-state index in [1.54, 1.807) is 13.0 Å². The van der Waals surface area contributed by atoms with Crippen molar-refractivity contribution < 1.29 is 17.9 Å². The molecule has 0 saturated heterocycles. The molecule has 2 aromatic carbocycles. The summed E-state index contributed by atoms with van der Waals surface area (Å²) in [6, 6.07) is 12.6. The van der Waals surface area contributed by atoms with Gasteiger partial charge in [-0.15, -0.1) is 0 Å². The van der Waals surface area contributed by atoms with E-state index in [2.05, 4.69) is 26.1 Å². The second-order valence-corrected chi connectivity index (χ2v) is 10.8. The lowest BCUT2D eigenvalue weighted by atomic mass is 9.87. The van der Waals surface area contributed by atoms with E-state index in [0.29, 0.717) is 5.69 Å². The SMILES string of the molecule is Cc1ccc(C)c(N(C(C)C(=O)NCCOc2ccc(C(C)(C)C)cc2)S(C)(=O)=O)c1. The number of anilines is 1. The summed E-state index contributed by atoms with van der Waals surface area (Å²) in [7, 11) is -3.65. The average Bonchev–Trinajstić information content (AvgIpc) is 2.66. The Morgan fingerprint density at radius 3 is 2.26 bits per heavy atom. The molecule has 0 aliphatic rings. The number of benzene rings is 2. The van der Waals surface area contributed by atoms with Crippen molar-refractivity contribution in [1.29, 1.82) is 0 Å². The Kier molecular flexibility index (Phi) is 7.76. The smallest absolute Gasteiger partial charge is 0.243 e.